The minimum atomic E-state index is -0.738. The number of carbonyl (C=O) groups excluding carboxylic acids is 1. The second kappa shape index (κ2) is 6.69. The molecule has 3 nitrogen and oxygen atoms in total. The quantitative estimate of drug-likeness (QED) is 0.590. The van der Waals surface area contributed by atoms with E-state index in [4.69, 9.17) is 21.1 Å². The number of allylic oxidation sites excluding steroid dienone is 2. The number of esters is 1. The molecule has 22 heavy (non-hydrogen) atoms. The topological polar surface area (TPSA) is 35.5 Å². The van der Waals surface area contributed by atoms with Gasteiger partial charge in [0.15, 0.2) is 0 Å². The molecule has 0 saturated carbocycles. The van der Waals surface area contributed by atoms with Gasteiger partial charge in [-0.25, -0.2) is 9.18 Å². The van der Waals surface area contributed by atoms with Gasteiger partial charge in [0.2, 0.25) is 0 Å². The molecule has 1 aliphatic carbocycles. The Balaban J connectivity index is 2.08. The summed E-state index contributed by atoms with van der Waals surface area (Å²) in [6, 6.07) is 2.40. The van der Waals surface area contributed by atoms with Gasteiger partial charge >= 0.3 is 5.97 Å². The van der Waals surface area contributed by atoms with Crippen molar-refractivity contribution >= 4 is 17.6 Å². The lowest BCUT2D eigenvalue weighted by Gasteiger charge is -2.20. The van der Waals surface area contributed by atoms with Crippen molar-refractivity contribution in [1.82, 2.24) is 0 Å². The predicted octanol–water partition coefficient (Wildman–Crippen LogP) is 4.78. The van der Waals surface area contributed by atoms with Gasteiger partial charge in [0, 0.05) is 6.07 Å². The van der Waals surface area contributed by atoms with Gasteiger partial charge in [0.05, 0.1) is 17.2 Å². The van der Waals surface area contributed by atoms with E-state index in [0.717, 1.165) is 18.9 Å². The summed E-state index contributed by atoms with van der Waals surface area (Å²) in [6.45, 7) is 5.63. The van der Waals surface area contributed by atoms with Gasteiger partial charge in [-0.15, -0.1) is 0 Å². The summed E-state index contributed by atoms with van der Waals surface area (Å²) in [6.07, 6.45) is 6.11. The van der Waals surface area contributed by atoms with Crippen LogP contribution in [0.15, 0.2) is 24.3 Å². The Kier molecular flexibility index (Phi) is 5.12. The van der Waals surface area contributed by atoms with Crippen molar-refractivity contribution in [2.45, 2.75) is 39.2 Å². The molecular formula is C17H20ClFO3. The first kappa shape index (κ1) is 16.8. The zero-order valence-electron chi connectivity index (χ0n) is 13.0. The molecule has 0 unspecified atom stereocenters. The van der Waals surface area contributed by atoms with E-state index in [0.29, 0.717) is 12.5 Å². The van der Waals surface area contributed by atoms with Gasteiger partial charge < -0.3 is 9.47 Å². The van der Waals surface area contributed by atoms with E-state index in [2.05, 4.69) is 12.2 Å². The summed E-state index contributed by atoms with van der Waals surface area (Å²) < 4.78 is 24.8. The molecule has 0 atom stereocenters. The molecule has 2 rings (SSSR count). The van der Waals surface area contributed by atoms with Crippen molar-refractivity contribution in [2.24, 2.45) is 5.92 Å². The van der Waals surface area contributed by atoms with Gasteiger partial charge in [-0.2, -0.15) is 0 Å². The predicted molar refractivity (Wildman–Crippen MR) is 83.9 cm³/mol. The van der Waals surface area contributed by atoms with Gasteiger partial charge in [0.1, 0.15) is 17.2 Å². The number of carbonyl (C=O) groups is 1. The lowest BCUT2D eigenvalue weighted by atomic mass is 10.1. The smallest absolute Gasteiger partial charge is 0.341 e. The number of halogens is 2. The Morgan fingerprint density at radius 3 is 2.55 bits per heavy atom. The third kappa shape index (κ3) is 4.47. The third-order valence-corrected chi connectivity index (χ3v) is 3.52. The maximum Gasteiger partial charge on any atom is 0.341 e. The molecule has 0 spiro atoms. The van der Waals surface area contributed by atoms with E-state index in [1.54, 1.807) is 20.8 Å². The van der Waals surface area contributed by atoms with Crippen LogP contribution in [0.25, 0.3) is 0 Å². The molecule has 1 aliphatic rings. The number of ether oxygens (including phenoxy) is 2. The molecule has 0 fully saturated rings. The van der Waals surface area contributed by atoms with Crippen LogP contribution in [0.1, 0.15) is 44.0 Å². The minimum Gasteiger partial charge on any atom is -0.492 e. The van der Waals surface area contributed by atoms with E-state index >= 15 is 0 Å². The molecule has 0 aliphatic heterocycles. The van der Waals surface area contributed by atoms with Crippen LogP contribution >= 0.6 is 11.6 Å². The molecule has 0 heterocycles. The van der Waals surface area contributed by atoms with Crippen molar-refractivity contribution in [3.05, 3.63) is 40.7 Å². The zero-order valence-corrected chi connectivity index (χ0v) is 13.7. The molecule has 0 amide bonds. The lowest BCUT2D eigenvalue weighted by Crippen LogP contribution is -2.24. The Morgan fingerprint density at radius 2 is 1.95 bits per heavy atom. The highest BCUT2D eigenvalue weighted by Gasteiger charge is 2.23. The maximum absolute atomic E-state index is 14.1. The zero-order chi connectivity index (χ0) is 16.3. The molecule has 0 aromatic heterocycles. The summed E-state index contributed by atoms with van der Waals surface area (Å²) in [5, 5.41) is 0.202. The van der Waals surface area contributed by atoms with Gasteiger partial charge in [0.25, 0.3) is 0 Å². The summed E-state index contributed by atoms with van der Waals surface area (Å²) in [7, 11) is 0. The average molecular weight is 327 g/mol. The summed E-state index contributed by atoms with van der Waals surface area (Å²) >= 11 is 6.09. The van der Waals surface area contributed by atoms with Crippen LogP contribution < -0.4 is 4.74 Å². The van der Waals surface area contributed by atoms with Crippen LogP contribution in [0.3, 0.4) is 0 Å². The largest absolute Gasteiger partial charge is 0.492 e. The number of hydrogen-bond acceptors (Lipinski definition) is 3. The third-order valence-electron chi connectivity index (χ3n) is 3.22. The van der Waals surface area contributed by atoms with Crippen LogP contribution in [0, 0.1) is 11.7 Å². The van der Waals surface area contributed by atoms with E-state index in [1.807, 2.05) is 0 Å². The molecule has 0 saturated heterocycles. The normalized spacial score (nSPS) is 15.1. The highest BCUT2D eigenvalue weighted by molar-refractivity contribution is 6.32. The second-order valence-electron chi connectivity index (χ2n) is 6.38. The van der Waals surface area contributed by atoms with Crippen molar-refractivity contribution < 1.29 is 18.7 Å². The SMILES string of the molecule is CC(C)(C)OC(=O)c1cc(Cl)c(OCC2CC=CC2)cc1F. The van der Waals surface area contributed by atoms with Crippen molar-refractivity contribution in [3.8, 4) is 5.75 Å². The van der Waals surface area contributed by atoms with Crippen LogP contribution in [0.2, 0.25) is 5.02 Å². The summed E-state index contributed by atoms with van der Waals surface area (Å²) in [4.78, 5) is 11.9. The fraction of sp³-hybridized carbons (Fsp3) is 0.471. The standard InChI is InChI=1S/C17H20ClFO3/c1-17(2,3)22-16(20)12-8-13(18)15(9-14(12)19)21-10-11-6-4-5-7-11/h4-5,8-9,11H,6-7,10H2,1-3H3. The first-order valence-electron chi connectivity index (χ1n) is 7.26. The molecule has 1 aromatic carbocycles. The first-order chi connectivity index (χ1) is 10.3. The number of benzene rings is 1. The molecule has 0 bridgehead atoms. The monoisotopic (exact) mass is 326 g/mol. The van der Waals surface area contributed by atoms with E-state index < -0.39 is 17.4 Å². The van der Waals surface area contributed by atoms with Gasteiger partial charge in [-0.3, -0.25) is 0 Å². The van der Waals surface area contributed by atoms with E-state index in [1.165, 1.54) is 6.07 Å². The molecule has 5 heteroatoms. The van der Waals surface area contributed by atoms with Crippen LogP contribution in [0.4, 0.5) is 4.39 Å². The second-order valence-corrected chi connectivity index (χ2v) is 6.79. The molecule has 120 valence electrons. The maximum atomic E-state index is 14.1. The fourth-order valence-electron chi connectivity index (χ4n) is 2.15. The first-order valence-corrected chi connectivity index (χ1v) is 7.64. The highest BCUT2D eigenvalue weighted by Crippen LogP contribution is 2.30. The summed E-state index contributed by atoms with van der Waals surface area (Å²) in [5.41, 5.74) is -0.879. The van der Waals surface area contributed by atoms with Crippen LogP contribution in [-0.4, -0.2) is 18.2 Å². The minimum absolute atomic E-state index is 0.185. The Hall–Kier alpha value is -1.55. The van der Waals surface area contributed by atoms with Crippen LogP contribution in [-0.2, 0) is 4.74 Å². The van der Waals surface area contributed by atoms with Gasteiger partial charge in [-0.05, 0) is 45.6 Å². The van der Waals surface area contributed by atoms with E-state index in [9.17, 15) is 9.18 Å². The van der Waals surface area contributed by atoms with Crippen molar-refractivity contribution in [1.29, 1.82) is 0 Å². The molecule has 0 N–H and O–H groups in total. The fourth-order valence-corrected chi connectivity index (χ4v) is 2.36. The number of hydrogen-bond donors (Lipinski definition) is 0. The molecule has 0 radical (unpaired) electrons. The highest BCUT2D eigenvalue weighted by atomic mass is 35.5. The van der Waals surface area contributed by atoms with Gasteiger partial charge in [-0.1, -0.05) is 23.8 Å². The average Bonchev–Trinajstić information content (AvgIpc) is 2.90. The Bertz CT molecular complexity index is 582. The number of rotatable bonds is 4. The van der Waals surface area contributed by atoms with Crippen LogP contribution in [0.5, 0.6) is 5.75 Å². The van der Waals surface area contributed by atoms with Crippen molar-refractivity contribution in [3.63, 3.8) is 0 Å². The lowest BCUT2D eigenvalue weighted by molar-refractivity contribution is 0.00647. The molecule has 1 aromatic rings. The van der Waals surface area contributed by atoms with Crippen molar-refractivity contribution in [2.75, 3.05) is 6.61 Å². The summed E-state index contributed by atoms with van der Waals surface area (Å²) in [5.74, 6) is -0.792. The van der Waals surface area contributed by atoms with E-state index in [-0.39, 0.29) is 16.3 Å². The Labute approximate surface area is 135 Å². The Morgan fingerprint density at radius 1 is 1.32 bits per heavy atom. The molecular weight excluding hydrogens is 307 g/mol.